The van der Waals surface area contributed by atoms with Crippen LogP contribution in [0.15, 0.2) is 34.9 Å². The van der Waals surface area contributed by atoms with Crippen molar-refractivity contribution in [2.45, 2.75) is 26.2 Å². The monoisotopic (exact) mass is 173 g/mol. The molecule has 2 aliphatic rings. The standard InChI is InChI=1S/C12H15N/c1-9-2-4-10(5-3-9)12(8-13)11-6-7-11/h2,4,6,8,12-13H,3,5,7H2,1H3. The summed E-state index contributed by atoms with van der Waals surface area (Å²) >= 11 is 0. The van der Waals surface area contributed by atoms with Crippen LogP contribution in [0.5, 0.6) is 0 Å². The molecule has 0 amide bonds. The van der Waals surface area contributed by atoms with Crippen molar-refractivity contribution in [1.82, 2.24) is 0 Å². The van der Waals surface area contributed by atoms with E-state index in [2.05, 4.69) is 25.2 Å². The molecule has 1 N–H and O–H groups in total. The summed E-state index contributed by atoms with van der Waals surface area (Å²) in [4.78, 5) is 0. The van der Waals surface area contributed by atoms with Gasteiger partial charge in [-0.2, -0.15) is 0 Å². The van der Waals surface area contributed by atoms with E-state index < -0.39 is 0 Å². The third kappa shape index (κ3) is 1.80. The zero-order chi connectivity index (χ0) is 9.26. The van der Waals surface area contributed by atoms with Crippen molar-refractivity contribution in [3.05, 3.63) is 34.9 Å². The third-order valence-electron chi connectivity index (χ3n) is 2.80. The number of allylic oxidation sites excluding steroid dienone is 6. The van der Waals surface area contributed by atoms with Crippen molar-refractivity contribution in [2.75, 3.05) is 0 Å². The Bertz CT molecular complexity index is 318. The van der Waals surface area contributed by atoms with Gasteiger partial charge in [-0.25, -0.2) is 0 Å². The topological polar surface area (TPSA) is 23.9 Å². The molecule has 1 heteroatoms. The summed E-state index contributed by atoms with van der Waals surface area (Å²) in [6.45, 7) is 2.17. The van der Waals surface area contributed by atoms with E-state index in [0.29, 0.717) is 5.92 Å². The number of hydrogen-bond acceptors (Lipinski definition) is 1. The van der Waals surface area contributed by atoms with E-state index >= 15 is 0 Å². The van der Waals surface area contributed by atoms with Gasteiger partial charge in [0.2, 0.25) is 0 Å². The van der Waals surface area contributed by atoms with Crippen molar-refractivity contribution < 1.29 is 0 Å². The highest BCUT2D eigenvalue weighted by molar-refractivity contribution is 5.69. The molecule has 68 valence electrons. The van der Waals surface area contributed by atoms with Crippen LogP contribution in [-0.4, -0.2) is 6.21 Å². The molecule has 1 atom stereocenters. The molecule has 0 fully saturated rings. The van der Waals surface area contributed by atoms with E-state index in [1.54, 1.807) is 6.21 Å². The molecule has 0 spiro atoms. The Balaban J connectivity index is 2.15. The van der Waals surface area contributed by atoms with Gasteiger partial charge in [0.25, 0.3) is 0 Å². The molecule has 1 nitrogen and oxygen atoms in total. The number of rotatable bonds is 3. The fraction of sp³-hybridized carbons (Fsp3) is 0.417. The highest BCUT2D eigenvalue weighted by atomic mass is 14.4. The lowest BCUT2D eigenvalue weighted by Crippen LogP contribution is -2.06. The van der Waals surface area contributed by atoms with Gasteiger partial charge in [0.15, 0.2) is 0 Å². The molecular weight excluding hydrogens is 158 g/mol. The summed E-state index contributed by atoms with van der Waals surface area (Å²) in [7, 11) is 0. The van der Waals surface area contributed by atoms with Crippen molar-refractivity contribution in [1.29, 1.82) is 5.41 Å². The van der Waals surface area contributed by atoms with Gasteiger partial charge in [-0.05, 0) is 26.2 Å². The van der Waals surface area contributed by atoms with Gasteiger partial charge in [-0.3, -0.25) is 0 Å². The van der Waals surface area contributed by atoms with Crippen LogP contribution in [-0.2, 0) is 0 Å². The molecule has 0 bridgehead atoms. The smallest absolute Gasteiger partial charge is 0.0361 e. The van der Waals surface area contributed by atoms with E-state index in [9.17, 15) is 0 Å². The molecule has 0 radical (unpaired) electrons. The summed E-state index contributed by atoms with van der Waals surface area (Å²) in [5.74, 6) is 0.323. The fourth-order valence-electron chi connectivity index (χ4n) is 1.78. The van der Waals surface area contributed by atoms with E-state index in [0.717, 1.165) is 12.8 Å². The molecule has 2 rings (SSSR count). The fourth-order valence-corrected chi connectivity index (χ4v) is 1.78. The molecule has 0 aromatic rings. The van der Waals surface area contributed by atoms with Crippen LogP contribution in [0.25, 0.3) is 0 Å². The first-order chi connectivity index (χ1) is 6.31. The van der Waals surface area contributed by atoms with Crippen LogP contribution in [0.4, 0.5) is 0 Å². The predicted molar refractivity (Wildman–Crippen MR) is 56.0 cm³/mol. The third-order valence-corrected chi connectivity index (χ3v) is 2.80. The molecule has 0 saturated carbocycles. The zero-order valence-corrected chi connectivity index (χ0v) is 8.01. The van der Waals surface area contributed by atoms with Crippen LogP contribution >= 0.6 is 0 Å². The van der Waals surface area contributed by atoms with E-state index in [4.69, 9.17) is 5.41 Å². The molecule has 0 aromatic heterocycles. The van der Waals surface area contributed by atoms with E-state index in [-0.39, 0.29) is 0 Å². The largest absolute Gasteiger partial charge is 0.312 e. The van der Waals surface area contributed by atoms with Crippen LogP contribution in [0.1, 0.15) is 26.2 Å². The Morgan fingerprint density at radius 1 is 1.31 bits per heavy atom. The predicted octanol–water partition coefficient (Wildman–Crippen LogP) is 3.25. The Labute approximate surface area is 79.4 Å². The molecule has 0 heterocycles. The highest BCUT2D eigenvalue weighted by Crippen LogP contribution is 2.35. The van der Waals surface area contributed by atoms with Gasteiger partial charge in [-0.15, -0.1) is 0 Å². The van der Waals surface area contributed by atoms with E-state index in [1.165, 1.54) is 23.1 Å². The lowest BCUT2D eigenvalue weighted by molar-refractivity contribution is 0.820. The minimum atomic E-state index is 0.323. The maximum atomic E-state index is 7.39. The molecule has 0 aliphatic heterocycles. The molecule has 0 aromatic carbocycles. The summed E-state index contributed by atoms with van der Waals surface area (Å²) in [5.41, 5.74) is 4.32. The minimum Gasteiger partial charge on any atom is -0.312 e. The second-order valence-corrected chi connectivity index (χ2v) is 3.88. The summed E-state index contributed by atoms with van der Waals surface area (Å²) in [6, 6.07) is 0. The maximum absolute atomic E-state index is 7.39. The molecule has 2 aliphatic carbocycles. The maximum Gasteiger partial charge on any atom is 0.0361 e. The summed E-state index contributed by atoms with van der Waals surface area (Å²) in [6.07, 6.45) is 11.6. The van der Waals surface area contributed by atoms with Gasteiger partial charge in [0.05, 0.1) is 0 Å². The van der Waals surface area contributed by atoms with Crippen LogP contribution in [0.2, 0.25) is 0 Å². The van der Waals surface area contributed by atoms with Crippen molar-refractivity contribution in [3.8, 4) is 0 Å². The second-order valence-electron chi connectivity index (χ2n) is 3.88. The first kappa shape index (κ1) is 8.49. The first-order valence-corrected chi connectivity index (χ1v) is 4.87. The minimum absolute atomic E-state index is 0.323. The second kappa shape index (κ2) is 3.33. The normalized spacial score (nSPS) is 22.7. The molecular formula is C12H15N. The Hall–Kier alpha value is -1.11. The summed E-state index contributed by atoms with van der Waals surface area (Å²) < 4.78 is 0. The molecule has 13 heavy (non-hydrogen) atoms. The quantitative estimate of drug-likeness (QED) is 0.500. The average Bonchev–Trinajstić information content (AvgIpc) is 2.93. The van der Waals surface area contributed by atoms with Gasteiger partial charge >= 0.3 is 0 Å². The summed E-state index contributed by atoms with van der Waals surface area (Å²) in [5, 5.41) is 7.39. The first-order valence-electron chi connectivity index (χ1n) is 4.87. The Morgan fingerprint density at radius 3 is 2.54 bits per heavy atom. The van der Waals surface area contributed by atoms with Crippen LogP contribution < -0.4 is 0 Å². The van der Waals surface area contributed by atoms with E-state index in [1.807, 2.05) is 0 Å². The van der Waals surface area contributed by atoms with Gasteiger partial charge in [-0.1, -0.05) is 34.9 Å². The van der Waals surface area contributed by atoms with Crippen molar-refractivity contribution >= 4 is 6.21 Å². The molecule has 1 unspecified atom stereocenters. The van der Waals surface area contributed by atoms with Crippen molar-refractivity contribution in [3.63, 3.8) is 0 Å². The van der Waals surface area contributed by atoms with Gasteiger partial charge in [0, 0.05) is 12.1 Å². The lowest BCUT2D eigenvalue weighted by atomic mass is 9.88. The average molecular weight is 173 g/mol. The van der Waals surface area contributed by atoms with Crippen LogP contribution in [0.3, 0.4) is 0 Å². The molecule has 0 saturated heterocycles. The SMILES string of the molecule is CC1=CC=C(C(C=N)C2=CC2)CC1. The Morgan fingerprint density at radius 2 is 2.08 bits per heavy atom. The van der Waals surface area contributed by atoms with Gasteiger partial charge < -0.3 is 5.41 Å². The van der Waals surface area contributed by atoms with Gasteiger partial charge in [0.1, 0.15) is 0 Å². The van der Waals surface area contributed by atoms with Crippen LogP contribution in [0, 0.1) is 11.3 Å². The number of hydrogen-bond donors (Lipinski definition) is 1. The van der Waals surface area contributed by atoms with Crippen molar-refractivity contribution in [2.24, 2.45) is 5.92 Å². The highest BCUT2D eigenvalue weighted by Gasteiger charge is 2.22. The lowest BCUT2D eigenvalue weighted by Gasteiger charge is -2.16. The number of nitrogens with one attached hydrogen (secondary N) is 1. The Kier molecular flexibility index (Phi) is 2.17. The zero-order valence-electron chi connectivity index (χ0n) is 8.01.